The van der Waals surface area contributed by atoms with Crippen LogP contribution in [0.1, 0.15) is 38.5 Å². The van der Waals surface area contributed by atoms with E-state index in [4.69, 9.17) is 23.2 Å². The Hall–Kier alpha value is -0.870. The van der Waals surface area contributed by atoms with Crippen LogP contribution in [-0.4, -0.2) is 15.9 Å². The molecule has 18 heavy (non-hydrogen) atoms. The minimum atomic E-state index is -0.0708. The van der Waals surface area contributed by atoms with Crippen molar-refractivity contribution in [2.75, 3.05) is 5.32 Å². The third-order valence-electron chi connectivity index (χ3n) is 3.26. The van der Waals surface area contributed by atoms with Crippen molar-refractivity contribution in [2.45, 2.75) is 38.5 Å². The normalized spacial score (nSPS) is 15.9. The minimum Gasteiger partial charge on any atom is -0.309 e. The van der Waals surface area contributed by atoms with Gasteiger partial charge >= 0.3 is 0 Å². The molecule has 1 saturated carbocycles. The Morgan fingerprint density at radius 2 is 2.06 bits per heavy atom. The molecule has 0 saturated heterocycles. The molecule has 0 aliphatic heterocycles. The molecule has 1 aliphatic rings. The second-order valence-electron chi connectivity index (χ2n) is 4.56. The molecular formula is C12H15Cl2N3O. The lowest BCUT2D eigenvalue weighted by Gasteiger charge is -2.09. The van der Waals surface area contributed by atoms with Gasteiger partial charge in [-0.05, 0) is 12.3 Å². The van der Waals surface area contributed by atoms with Crippen LogP contribution in [0.5, 0.6) is 0 Å². The van der Waals surface area contributed by atoms with Crippen molar-refractivity contribution in [3.05, 3.63) is 16.5 Å². The second kappa shape index (κ2) is 6.34. The van der Waals surface area contributed by atoms with Gasteiger partial charge in [0.15, 0.2) is 11.0 Å². The first-order valence-electron chi connectivity index (χ1n) is 6.12. The van der Waals surface area contributed by atoms with E-state index in [0.717, 1.165) is 6.42 Å². The highest BCUT2D eigenvalue weighted by atomic mass is 35.5. The summed E-state index contributed by atoms with van der Waals surface area (Å²) in [5, 5.41) is 3.01. The Balaban J connectivity index is 1.84. The first-order chi connectivity index (χ1) is 8.66. The summed E-state index contributed by atoms with van der Waals surface area (Å²) in [4.78, 5) is 19.4. The van der Waals surface area contributed by atoms with Crippen LogP contribution in [0, 0.1) is 5.92 Å². The van der Waals surface area contributed by atoms with Crippen LogP contribution < -0.4 is 5.32 Å². The van der Waals surface area contributed by atoms with E-state index in [2.05, 4.69) is 15.3 Å². The van der Waals surface area contributed by atoms with E-state index in [1.165, 1.54) is 32.0 Å². The summed E-state index contributed by atoms with van der Waals surface area (Å²) in [5.74, 6) is 0.909. The van der Waals surface area contributed by atoms with E-state index in [1.807, 2.05) is 0 Å². The highest BCUT2D eigenvalue weighted by Crippen LogP contribution is 2.29. The molecule has 2 rings (SSSR count). The molecular weight excluding hydrogens is 273 g/mol. The zero-order valence-electron chi connectivity index (χ0n) is 9.96. The van der Waals surface area contributed by atoms with E-state index in [0.29, 0.717) is 12.3 Å². The topological polar surface area (TPSA) is 54.9 Å². The average molecular weight is 288 g/mol. The van der Waals surface area contributed by atoms with Gasteiger partial charge in [-0.1, -0.05) is 48.9 Å². The number of nitrogens with zero attached hydrogens (tertiary/aromatic N) is 2. The van der Waals surface area contributed by atoms with Crippen LogP contribution in [0.4, 0.5) is 5.82 Å². The number of anilines is 1. The fourth-order valence-corrected chi connectivity index (χ4v) is 2.54. The molecule has 0 bridgehead atoms. The van der Waals surface area contributed by atoms with Gasteiger partial charge in [-0.2, -0.15) is 0 Å². The fraction of sp³-hybridized carbons (Fsp3) is 0.583. The molecule has 1 fully saturated rings. The molecule has 98 valence electrons. The quantitative estimate of drug-likeness (QED) is 0.859. The molecule has 0 atom stereocenters. The maximum atomic E-state index is 11.8. The standard InChI is InChI=1S/C12H15Cl2N3O/c13-10-11(14)15-7-16-12(10)17-9(18)6-5-8-3-1-2-4-8/h7-8H,1-6H2,(H,15,16,17,18). The summed E-state index contributed by atoms with van der Waals surface area (Å²) in [6, 6.07) is 0. The summed E-state index contributed by atoms with van der Waals surface area (Å²) < 4.78 is 0. The molecule has 0 aromatic carbocycles. The monoisotopic (exact) mass is 287 g/mol. The smallest absolute Gasteiger partial charge is 0.225 e. The van der Waals surface area contributed by atoms with Crippen LogP contribution in [0.25, 0.3) is 0 Å². The zero-order chi connectivity index (χ0) is 13.0. The molecule has 1 aromatic heterocycles. The van der Waals surface area contributed by atoms with Crippen molar-refractivity contribution in [3.8, 4) is 0 Å². The number of nitrogens with one attached hydrogen (secondary N) is 1. The van der Waals surface area contributed by atoms with Gasteiger partial charge in [-0.3, -0.25) is 4.79 Å². The summed E-state index contributed by atoms with van der Waals surface area (Å²) >= 11 is 11.6. The van der Waals surface area contributed by atoms with Crippen LogP contribution in [0.3, 0.4) is 0 Å². The van der Waals surface area contributed by atoms with Gasteiger partial charge in [-0.25, -0.2) is 9.97 Å². The van der Waals surface area contributed by atoms with Gasteiger partial charge in [0.2, 0.25) is 5.91 Å². The van der Waals surface area contributed by atoms with Crippen LogP contribution >= 0.6 is 23.2 Å². The fourth-order valence-electron chi connectivity index (χ4n) is 2.26. The predicted octanol–water partition coefficient (Wildman–Crippen LogP) is 3.69. The van der Waals surface area contributed by atoms with Crippen molar-refractivity contribution < 1.29 is 4.79 Å². The van der Waals surface area contributed by atoms with E-state index in [1.54, 1.807) is 0 Å². The summed E-state index contributed by atoms with van der Waals surface area (Å²) in [5.41, 5.74) is 0. The van der Waals surface area contributed by atoms with Crippen molar-refractivity contribution in [1.29, 1.82) is 0 Å². The van der Waals surface area contributed by atoms with Gasteiger partial charge in [0.1, 0.15) is 11.3 Å². The maximum absolute atomic E-state index is 11.8. The number of hydrogen-bond donors (Lipinski definition) is 1. The number of rotatable bonds is 4. The molecule has 0 unspecified atom stereocenters. The predicted molar refractivity (Wildman–Crippen MR) is 71.9 cm³/mol. The average Bonchev–Trinajstić information content (AvgIpc) is 2.86. The first kappa shape index (κ1) is 13.6. The summed E-state index contributed by atoms with van der Waals surface area (Å²) in [6.07, 6.45) is 7.78. The molecule has 1 amide bonds. The second-order valence-corrected chi connectivity index (χ2v) is 5.30. The maximum Gasteiger partial charge on any atom is 0.225 e. The van der Waals surface area contributed by atoms with Gasteiger partial charge in [0, 0.05) is 6.42 Å². The number of amides is 1. The van der Waals surface area contributed by atoms with Gasteiger partial charge in [0.25, 0.3) is 0 Å². The van der Waals surface area contributed by atoms with Crippen molar-refractivity contribution in [3.63, 3.8) is 0 Å². The molecule has 1 aromatic rings. The highest BCUT2D eigenvalue weighted by molar-refractivity contribution is 6.42. The zero-order valence-corrected chi connectivity index (χ0v) is 11.5. The molecule has 4 nitrogen and oxygen atoms in total. The minimum absolute atomic E-state index is 0.0708. The van der Waals surface area contributed by atoms with Gasteiger partial charge in [0.05, 0.1) is 0 Å². The number of carbonyl (C=O) groups excluding carboxylic acids is 1. The third kappa shape index (κ3) is 3.56. The number of carbonyl (C=O) groups is 1. The Labute approximate surface area is 116 Å². The van der Waals surface area contributed by atoms with E-state index in [9.17, 15) is 4.79 Å². The van der Waals surface area contributed by atoms with Crippen LogP contribution in [0.15, 0.2) is 6.33 Å². The Bertz CT molecular complexity index is 433. The van der Waals surface area contributed by atoms with Crippen molar-refractivity contribution >= 4 is 34.9 Å². The largest absolute Gasteiger partial charge is 0.309 e. The van der Waals surface area contributed by atoms with Crippen molar-refractivity contribution in [1.82, 2.24) is 9.97 Å². The Morgan fingerprint density at radius 1 is 1.33 bits per heavy atom. The van der Waals surface area contributed by atoms with Gasteiger partial charge in [-0.15, -0.1) is 0 Å². The first-order valence-corrected chi connectivity index (χ1v) is 6.88. The molecule has 0 radical (unpaired) electrons. The summed E-state index contributed by atoms with van der Waals surface area (Å²) in [6.45, 7) is 0. The number of aromatic nitrogens is 2. The highest BCUT2D eigenvalue weighted by Gasteiger charge is 2.17. The lowest BCUT2D eigenvalue weighted by atomic mass is 10.0. The summed E-state index contributed by atoms with van der Waals surface area (Å²) in [7, 11) is 0. The van der Waals surface area contributed by atoms with Crippen LogP contribution in [-0.2, 0) is 4.79 Å². The molecule has 1 N–H and O–H groups in total. The number of hydrogen-bond acceptors (Lipinski definition) is 3. The van der Waals surface area contributed by atoms with E-state index in [-0.39, 0.29) is 21.9 Å². The van der Waals surface area contributed by atoms with E-state index < -0.39 is 0 Å². The lowest BCUT2D eigenvalue weighted by molar-refractivity contribution is -0.116. The SMILES string of the molecule is O=C(CCC1CCCC1)Nc1ncnc(Cl)c1Cl. The Morgan fingerprint density at radius 3 is 2.78 bits per heavy atom. The molecule has 0 spiro atoms. The van der Waals surface area contributed by atoms with Crippen molar-refractivity contribution in [2.24, 2.45) is 5.92 Å². The van der Waals surface area contributed by atoms with Crippen LogP contribution in [0.2, 0.25) is 10.2 Å². The molecule has 6 heteroatoms. The molecule has 1 heterocycles. The van der Waals surface area contributed by atoms with E-state index >= 15 is 0 Å². The van der Waals surface area contributed by atoms with Gasteiger partial charge < -0.3 is 5.32 Å². The lowest BCUT2D eigenvalue weighted by Crippen LogP contribution is -2.14. The third-order valence-corrected chi connectivity index (χ3v) is 4.00. The Kier molecular flexibility index (Phi) is 4.78. The molecule has 1 aliphatic carbocycles. The number of halogens is 2.